The number of carbonyl (C=O) groups excluding carboxylic acids is 1. The largest absolute Gasteiger partial charge is 0.445 e. The highest BCUT2D eigenvalue weighted by Crippen LogP contribution is 2.62. The number of benzene rings is 1. The first kappa shape index (κ1) is 16.9. The quantitative estimate of drug-likeness (QED) is 0.872. The third-order valence-electron chi connectivity index (χ3n) is 7.04. The number of rotatable bonds is 4. The van der Waals surface area contributed by atoms with Crippen molar-refractivity contribution < 1.29 is 14.6 Å². The van der Waals surface area contributed by atoms with Crippen molar-refractivity contribution in [1.29, 1.82) is 0 Å². The van der Waals surface area contributed by atoms with E-state index in [0.717, 1.165) is 18.4 Å². The molecule has 4 rings (SSSR count). The molecule has 1 spiro atoms. The molecule has 1 aromatic rings. The van der Waals surface area contributed by atoms with Crippen molar-refractivity contribution in [3.63, 3.8) is 0 Å². The van der Waals surface area contributed by atoms with Crippen molar-refractivity contribution in [3.05, 3.63) is 35.9 Å². The Kier molecular flexibility index (Phi) is 4.72. The minimum absolute atomic E-state index is 0.195. The zero-order chi connectivity index (χ0) is 17.3. The summed E-state index contributed by atoms with van der Waals surface area (Å²) in [6.45, 7) is 0.601. The van der Waals surface area contributed by atoms with Crippen molar-refractivity contribution in [2.75, 3.05) is 6.61 Å². The lowest BCUT2D eigenvalue weighted by Gasteiger charge is -2.48. The lowest BCUT2D eigenvalue weighted by atomic mass is 9.59. The van der Waals surface area contributed by atoms with Crippen LogP contribution in [0.4, 0.5) is 4.79 Å². The van der Waals surface area contributed by atoms with Gasteiger partial charge in [0.15, 0.2) is 0 Å². The summed E-state index contributed by atoms with van der Waals surface area (Å²) in [7, 11) is 0. The van der Waals surface area contributed by atoms with Gasteiger partial charge in [0.1, 0.15) is 6.61 Å². The van der Waals surface area contributed by atoms with E-state index in [1.54, 1.807) is 0 Å². The van der Waals surface area contributed by atoms with Gasteiger partial charge < -0.3 is 15.2 Å². The second-order valence-corrected chi connectivity index (χ2v) is 8.33. The number of hydrogen-bond acceptors (Lipinski definition) is 3. The van der Waals surface area contributed by atoms with Crippen LogP contribution >= 0.6 is 0 Å². The molecule has 1 aromatic carbocycles. The molecule has 136 valence electrons. The Morgan fingerprint density at radius 2 is 2.08 bits per heavy atom. The van der Waals surface area contributed by atoms with Crippen molar-refractivity contribution >= 4 is 6.09 Å². The Hall–Kier alpha value is -1.55. The number of aliphatic hydroxyl groups excluding tert-OH is 1. The number of alkyl carbamates (subject to hydrolysis) is 1. The minimum atomic E-state index is -0.285. The zero-order valence-electron chi connectivity index (χ0n) is 14.8. The van der Waals surface area contributed by atoms with E-state index < -0.39 is 0 Å². The molecule has 5 atom stereocenters. The van der Waals surface area contributed by atoms with Crippen molar-refractivity contribution in [3.8, 4) is 0 Å². The predicted octanol–water partition coefficient (Wildman–Crippen LogP) is 3.88. The summed E-state index contributed by atoms with van der Waals surface area (Å²) in [5.41, 5.74) is 1.21. The van der Waals surface area contributed by atoms with Gasteiger partial charge in [-0.15, -0.1) is 0 Å². The molecule has 0 aliphatic heterocycles. The van der Waals surface area contributed by atoms with Crippen LogP contribution in [-0.2, 0) is 11.3 Å². The molecule has 3 aliphatic rings. The number of fused-ring (bicyclic) bond motifs is 3. The second-order valence-electron chi connectivity index (χ2n) is 8.33. The second kappa shape index (κ2) is 6.99. The van der Waals surface area contributed by atoms with E-state index in [4.69, 9.17) is 4.74 Å². The summed E-state index contributed by atoms with van der Waals surface area (Å²) < 4.78 is 5.49. The van der Waals surface area contributed by atoms with E-state index >= 15 is 0 Å². The molecule has 25 heavy (non-hydrogen) atoms. The zero-order valence-corrected chi connectivity index (χ0v) is 14.8. The fraction of sp³-hybridized carbons (Fsp3) is 0.667. The molecule has 2 bridgehead atoms. The van der Waals surface area contributed by atoms with Gasteiger partial charge in [0.05, 0.1) is 0 Å². The summed E-state index contributed by atoms with van der Waals surface area (Å²) in [4.78, 5) is 12.4. The number of nitrogens with one attached hydrogen (secondary N) is 1. The van der Waals surface area contributed by atoms with E-state index in [2.05, 4.69) is 5.32 Å². The Bertz CT molecular complexity index is 604. The Labute approximate surface area is 150 Å². The molecule has 0 heterocycles. The lowest BCUT2D eigenvalue weighted by molar-refractivity contribution is 0.0149. The van der Waals surface area contributed by atoms with Crippen LogP contribution in [0.3, 0.4) is 0 Å². The van der Waals surface area contributed by atoms with Gasteiger partial charge in [0.2, 0.25) is 0 Å². The average molecular weight is 343 g/mol. The van der Waals surface area contributed by atoms with Crippen LogP contribution in [-0.4, -0.2) is 23.8 Å². The number of carbonyl (C=O) groups is 1. The van der Waals surface area contributed by atoms with E-state index in [1.807, 2.05) is 30.3 Å². The fourth-order valence-electron chi connectivity index (χ4n) is 5.99. The standard InChI is InChI=1S/C21H29NO3/c23-13-16-7-4-10-21(12-16)18-9-8-17(11-18)19(21)22-20(24)25-14-15-5-2-1-3-6-15/h1-3,5-6,16-19,23H,4,7-14H2,(H,22,24)/t16-,17+,18-,19+,21+/m0/s1. The number of aliphatic hydroxyl groups is 1. The highest BCUT2D eigenvalue weighted by molar-refractivity contribution is 5.68. The molecule has 0 aromatic heterocycles. The van der Waals surface area contributed by atoms with Crippen LogP contribution in [0, 0.1) is 23.2 Å². The first-order valence-electron chi connectivity index (χ1n) is 9.79. The normalized spacial score (nSPS) is 36.5. The van der Waals surface area contributed by atoms with Gasteiger partial charge in [-0.2, -0.15) is 0 Å². The number of ether oxygens (including phenoxy) is 1. The SMILES string of the molecule is O=C(N[C@@H]1[C@@H]2CC[C@@H](C2)[C@]12CCC[C@H](CO)C2)OCc1ccccc1. The van der Waals surface area contributed by atoms with Crippen molar-refractivity contribution in [1.82, 2.24) is 5.32 Å². The van der Waals surface area contributed by atoms with Gasteiger partial charge in [0.25, 0.3) is 0 Å². The van der Waals surface area contributed by atoms with Crippen LogP contribution in [0.15, 0.2) is 30.3 Å². The molecule has 0 radical (unpaired) electrons. The van der Waals surface area contributed by atoms with Crippen LogP contribution in [0.2, 0.25) is 0 Å². The topological polar surface area (TPSA) is 58.6 Å². The molecule has 3 aliphatic carbocycles. The molecule has 0 unspecified atom stereocenters. The summed E-state index contributed by atoms with van der Waals surface area (Å²) in [6.07, 6.45) is 8.02. The number of amides is 1. The minimum Gasteiger partial charge on any atom is -0.445 e. The Balaban J connectivity index is 1.42. The Morgan fingerprint density at radius 3 is 2.88 bits per heavy atom. The van der Waals surface area contributed by atoms with Gasteiger partial charge in [-0.3, -0.25) is 0 Å². The van der Waals surface area contributed by atoms with E-state index in [0.29, 0.717) is 24.4 Å². The van der Waals surface area contributed by atoms with Crippen LogP contribution < -0.4 is 5.32 Å². The Morgan fingerprint density at radius 1 is 1.24 bits per heavy atom. The molecular weight excluding hydrogens is 314 g/mol. The molecule has 3 saturated carbocycles. The highest BCUT2D eigenvalue weighted by atomic mass is 16.5. The van der Waals surface area contributed by atoms with Gasteiger partial charge in [-0.05, 0) is 67.3 Å². The third-order valence-corrected chi connectivity index (χ3v) is 7.04. The molecular formula is C21H29NO3. The molecule has 4 heteroatoms. The first-order valence-corrected chi connectivity index (χ1v) is 9.79. The van der Waals surface area contributed by atoms with Gasteiger partial charge >= 0.3 is 6.09 Å². The molecule has 4 nitrogen and oxygen atoms in total. The average Bonchev–Trinajstić information content (AvgIpc) is 3.23. The van der Waals surface area contributed by atoms with Gasteiger partial charge in [-0.25, -0.2) is 4.79 Å². The fourth-order valence-corrected chi connectivity index (χ4v) is 5.99. The summed E-state index contributed by atoms with van der Waals surface area (Å²) in [5.74, 6) is 1.70. The van der Waals surface area contributed by atoms with E-state index in [9.17, 15) is 9.90 Å². The first-order chi connectivity index (χ1) is 12.2. The molecule has 2 N–H and O–H groups in total. The summed E-state index contributed by atoms with van der Waals surface area (Å²) in [5, 5.41) is 12.9. The van der Waals surface area contributed by atoms with Crippen molar-refractivity contribution in [2.45, 2.75) is 57.6 Å². The van der Waals surface area contributed by atoms with Gasteiger partial charge in [0, 0.05) is 12.6 Å². The monoisotopic (exact) mass is 343 g/mol. The smallest absolute Gasteiger partial charge is 0.407 e. The van der Waals surface area contributed by atoms with Crippen LogP contribution in [0.5, 0.6) is 0 Å². The third kappa shape index (κ3) is 3.17. The molecule has 1 amide bonds. The lowest BCUT2D eigenvalue weighted by Crippen LogP contribution is -2.53. The summed E-state index contributed by atoms with van der Waals surface area (Å²) in [6, 6.07) is 10.0. The predicted molar refractivity (Wildman–Crippen MR) is 95.9 cm³/mol. The maximum Gasteiger partial charge on any atom is 0.407 e. The van der Waals surface area contributed by atoms with Crippen LogP contribution in [0.25, 0.3) is 0 Å². The molecule has 0 saturated heterocycles. The maximum absolute atomic E-state index is 12.4. The van der Waals surface area contributed by atoms with Crippen molar-refractivity contribution in [2.24, 2.45) is 23.2 Å². The van der Waals surface area contributed by atoms with Gasteiger partial charge in [-0.1, -0.05) is 36.8 Å². The highest BCUT2D eigenvalue weighted by Gasteiger charge is 2.59. The number of hydrogen-bond donors (Lipinski definition) is 2. The van der Waals surface area contributed by atoms with E-state index in [-0.39, 0.29) is 24.2 Å². The maximum atomic E-state index is 12.4. The van der Waals surface area contributed by atoms with Crippen LogP contribution in [0.1, 0.15) is 50.5 Å². The summed E-state index contributed by atoms with van der Waals surface area (Å²) >= 11 is 0. The molecule has 3 fully saturated rings. The van der Waals surface area contributed by atoms with E-state index in [1.165, 1.54) is 32.1 Å².